The van der Waals surface area contributed by atoms with E-state index in [0.717, 1.165) is 4.90 Å². The molecule has 2 aliphatic rings. The molecule has 2 fully saturated rings. The molecule has 0 aromatic heterocycles. The van der Waals surface area contributed by atoms with Crippen LogP contribution >= 0.6 is 11.6 Å². The molecule has 0 aromatic rings. The second-order valence-electron chi connectivity index (χ2n) is 5.52. The van der Waals surface area contributed by atoms with Crippen LogP contribution in [-0.2, 0) is 9.53 Å². The lowest BCUT2D eigenvalue weighted by atomic mass is 9.89. The summed E-state index contributed by atoms with van der Waals surface area (Å²) in [6.45, 7) is 1.67. The number of alkyl halides is 2. The van der Waals surface area contributed by atoms with Crippen molar-refractivity contribution in [3.05, 3.63) is 0 Å². The summed E-state index contributed by atoms with van der Waals surface area (Å²) in [5.41, 5.74) is 2.70. The number of nitrogens with zero attached hydrogens (tertiary/aromatic N) is 2. The van der Waals surface area contributed by atoms with Crippen LogP contribution in [-0.4, -0.2) is 65.2 Å². The van der Waals surface area contributed by atoms with Gasteiger partial charge >= 0.3 is 6.03 Å². The lowest BCUT2D eigenvalue weighted by Gasteiger charge is -2.44. The van der Waals surface area contributed by atoms with Crippen LogP contribution < -0.4 is 5.43 Å². The predicted octanol–water partition coefficient (Wildman–Crippen LogP) is 0.900. The van der Waals surface area contributed by atoms with Gasteiger partial charge in [0.15, 0.2) is 0 Å². The molecule has 6 nitrogen and oxygen atoms in total. The van der Waals surface area contributed by atoms with Crippen molar-refractivity contribution in [3.8, 4) is 12.3 Å². The van der Waals surface area contributed by atoms with E-state index < -0.39 is 41.7 Å². The summed E-state index contributed by atoms with van der Waals surface area (Å²) in [4.78, 5) is 25.5. The van der Waals surface area contributed by atoms with Crippen LogP contribution in [0, 0.1) is 12.3 Å². The standard InChI is InChI=1S/C14H19ClFN3O3/c1-4-5-22-12-7-11(10(16)6-9(12)15)19-13(20)8(2)17-18(3)14(19)21/h1,8-12,17H,5-7H2,2-3H3. The summed E-state index contributed by atoms with van der Waals surface area (Å²) in [7, 11) is 1.49. The summed E-state index contributed by atoms with van der Waals surface area (Å²) in [5.74, 6) is 1.87. The fourth-order valence-electron chi connectivity index (χ4n) is 2.82. The van der Waals surface area contributed by atoms with Crippen molar-refractivity contribution in [2.45, 2.75) is 49.5 Å². The minimum absolute atomic E-state index is 0.00401. The molecule has 5 unspecified atom stereocenters. The van der Waals surface area contributed by atoms with Crippen molar-refractivity contribution in [2.75, 3.05) is 13.7 Å². The van der Waals surface area contributed by atoms with Crippen LogP contribution in [0.4, 0.5) is 9.18 Å². The number of terminal acetylenes is 1. The molecule has 1 saturated carbocycles. The third-order valence-corrected chi connectivity index (χ3v) is 4.40. The van der Waals surface area contributed by atoms with Gasteiger partial charge in [0, 0.05) is 7.05 Å². The number of nitrogens with one attached hydrogen (secondary N) is 1. The molecule has 0 spiro atoms. The number of hydrazine groups is 1. The Morgan fingerprint density at radius 3 is 2.82 bits per heavy atom. The van der Waals surface area contributed by atoms with Crippen molar-refractivity contribution >= 4 is 23.5 Å². The Labute approximate surface area is 133 Å². The fraction of sp³-hybridized carbons (Fsp3) is 0.714. The quantitative estimate of drug-likeness (QED) is 0.616. The Bertz CT molecular complexity index is 478. The summed E-state index contributed by atoms with van der Waals surface area (Å²) in [6.07, 6.45) is 3.40. The first-order valence-electron chi connectivity index (χ1n) is 7.07. The Morgan fingerprint density at radius 1 is 1.50 bits per heavy atom. The maximum Gasteiger partial charge on any atom is 0.341 e. The van der Waals surface area contributed by atoms with Gasteiger partial charge in [-0.15, -0.1) is 18.0 Å². The van der Waals surface area contributed by atoms with Crippen molar-refractivity contribution < 1.29 is 18.7 Å². The number of ether oxygens (including phenoxy) is 1. The smallest absolute Gasteiger partial charge is 0.341 e. The molecule has 0 aromatic carbocycles. The first-order chi connectivity index (χ1) is 10.4. The van der Waals surface area contributed by atoms with Gasteiger partial charge in [-0.3, -0.25) is 14.7 Å². The summed E-state index contributed by atoms with van der Waals surface area (Å²) < 4.78 is 19.8. The molecule has 8 heteroatoms. The number of carbonyl (C=O) groups excluding carboxylic acids is 2. The van der Waals surface area contributed by atoms with Crippen molar-refractivity contribution in [1.29, 1.82) is 0 Å². The Hall–Kier alpha value is -1.36. The van der Waals surface area contributed by atoms with E-state index in [0.29, 0.717) is 0 Å². The lowest BCUT2D eigenvalue weighted by molar-refractivity contribution is -0.140. The Morgan fingerprint density at radius 2 is 2.18 bits per heavy atom. The first-order valence-corrected chi connectivity index (χ1v) is 7.50. The molecule has 5 atom stereocenters. The number of amides is 3. The molecule has 1 saturated heterocycles. The van der Waals surface area contributed by atoms with Gasteiger partial charge in [0.2, 0.25) is 5.91 Å². The van der Waals surface area contributed by atoms with Crippen LogP contribution in [0.2, 0.25) is 0 Å². The maximum absolute atomic E-state index is 14.4. The summed E-state index contributed by atoms with van der Waals surface area (Å²) in [6, 6.07) is -2.09. The molecular weight excluding hydrogens is 313 g/mol. The highest BCUT2D eigenvalue weighted by Gasteiger charge is 2.47. The van der Waals surface area contributed by atoms with E-state index in [-0.39, 0.29) is 19.4 Å². The average Bonchev–Trinajstić information content (AvgIpc) is 2.46. The summed E-state index contributed by atoms with van der Waals surface area (Å²) >= 11 is 6.10. The number of imide groups is 1. The van der Waals surface area contributed by atoms with Gasteiger partial charge in [-0.1, -0.05) is 5.92 Å². The molecule has 3 amide bonds. The van der Waals surface area contributed by atoms with Crippen molar-refractivity contribution in [1.82, 2.24) is 15.3 Å². The van der Waals surface area contributed by atoms with Crippen molar-refractivity contribution in [3.63, 3.8) is 0 Å². The molecular formula is C14H19ClFN3O3. The zero-order valence-corrected chi connectivity index (χ0v) is 13.2. The minimum atomic E-state index is -1.39. The largest absolute Gasteiger partial charge is 0.364 e. The highest BCUT2D eigenvalue weighted by Crippen LogP contribution is 2.32. The van der Waals surface area contributed by atoms with Crippen LogP contribution in [0.15, 0.2) is 0 Å². The van der Waals surface area contributed by atoms with Crippen LogP contribution in [0.3, 0.4) is 0 Å². The van der Waals surface area contributed by atoms with Crippen LogP contribution in [0.5, 0.6) is 0 Å². The van der Waals surface area contributed by atoms with E-state index in [9.17, 15) is 14.0 Å². The average molecular weight is 332 g/mol. The van der Waals surface area contributed by atoms with Gasteiger partial charge < -0.3 is 4.74 Å². The molecule has 0 bridgehead atoms. The number of hydrogen-bond acceptors (Lipinski definition) is 4. The predicted molar refractivity (Wildman–Crippen MR) is 78.7 cm³/mol. The number of rotatable bonds is 3. The van der Waals surface area contributed by atoms with Gasteiger partial charge in [0.25, 0.3) is 0 Å². The zero-order valence-electron chi connectivity index (χ0n) is 12.5. The molecule has 122 valence electrons. The van der Waals surface area contributed by atoms with Gasteiger partial charge in [0.1, 0.15) is 18.8 Å². The second-order valence-corrected chi connectivity index (χ2v) is 6.09. The number of carbonyl (C=O) groups is 2. The SMILES string of the molecule is C#CCOC1CC(N2C(=O)C(C)NN(C)C2=O)C(F)CC1Cl. The molecule has 0 radical (unpaired) electrons. The van der Waals surface area contributed by atoms with Crippen LogP contribution in [0.25, 0.3) is 0 Å². The van der Waals surface area contributed by atoms with E-state index in [1.54, 1.807) is 6.92 Å². The number of hydrogen-bond donors (Lipinski definition) is 1. The van der Waals surface area contributed by atoms with E-state index in [1.807, 2.05) is 0 Å². The van der Waals surface area contributed by atoms with Gasteiger partial charge in [0.05, 0.1) is 17.5 Å². The fourth-order valence-corrected chi connectivity index (χ4v) is 3.17. The van der Waals surface area contributed by atoms with E-state index >= 15 is 0 Å². The normalized spacial score (nSPS) is 36.4. The van der Waals surface area contributed by atoms with E-state index in [2.05, 4.69) is 11.3 Å². The third kappa shape index (κ3) is 3.19. The number of urea groups is 1. The maximum atomic E-state index is 14.4. The summed E-state index contributed by atoms with van der Waals surface area (Å²) in [5, 5.41) is 0.644. The van der Waals surface area contributed by atoms with E-state index in [4.69, 9.17) is 22.8 Å². The third-order valence-electron chi connectivity index (χ3n) is 3.95. The number of halogens is 2. The van der Waals surface area contributed by atoms with Crippen molar-refractivity contribution in [2.24, 2.45) is 0 Å². The Kier molecular flexibility index (Phi) is 5.27. The molecule has 1 heterocycles. The second kappa shape index (κ2) is 6.82. The topological polar surface area (TPSA) is 61.9 Å². The molecule has 1 aliphatic carbocycles. The first kappa shape index (κ1) is 17.0. The van der Waals surface area contributed by atoms with Gasteiger partial charge in [-0.2, -0.15) is 0 Å². The van der Waals surface area contributed by atoms with Gasteiger partial charge in [-0.05, 0) is 19.8 Å². The lowest BCUT2D eigenvalue weighted by Crippen LogP contribution is -2.68. The molecule has 22 heavy (non-hydrogen) atoms. The molecule has 1 N–H and O–H groups in total. The zero-order chi connectivity index (χ0) is 16.4. The Balaban J connectivity index is 2.19. The van der Waals surface area contributed by atoms with Crippen LogP contribution in [0.1, 0.15) is 19.8 Å². The monoisotopic (exact) mass is 331 g/mol. The molecule has 1 aliphatic heterocycles. The highest BCUT2D eigenvalue weighted by atomic mass is 35.5. The van der Waals surface area contributed by atoms with E-state index in [1.165, 1.54) is 12.1 Å². The highest BCUT2D eigenvalue weighted by molar-refractivity contribution is 6.21. The minimum Gasteiger partial charge on any atom is -0.364 e. The molecule has 2 rings (SSSR count). The van der Waals surface area contributed by atoms with Gasteiger partial charge in [-0.25, -0.2) is 14.6 Å².